The highest BCUT2D eigenvalue weighted by Gasteiger charge is 2.28. The summed E-state index contributed by atoms with van der Waals surface area (Å²) in [5.74, 6) is 1.60. The van der Waals surface area contributed by atoms with Gasteiger partial charge in [0, 0.05) is 19.4 Å². The van der Waals surface area contributed by atoms with Crippen LogP contribution in [0.25, 0.3) is 0 Å². The van der Waals surface area contributed by atoms with Gasteiger partial charge in [0.05, 0.1) is 12.7 Å². The molecule has 0 spiro atoms. The predicted molar refractivity (Wildman–Crippen MR) is 50.0 cm³/mol. The van der Waals surface area contributed by atoms with E-state index in [9.17, 15) is 8.78 Å². The van der Waals surface area contributed by atoms with E-state index in [2.05, 4.69) is 5.92 Å². The summed E-state index contributed by atoms with van der Waals surface area (Å²) in [6, 6.07) is 0. The van der Waals surface area contributed by atoms with Crippen molar-refractivity contribution in [3.05, 3.63) is 0 Å². The fraction of sp³-hybridized carbons (Fsp3) is 0.800. The number of hydrogen-bond acceptors (Lipinski definition) is 2. The molecule has 0 aromatic carbocycles. The molecule has 1 aliphatic rings. The fourth-order valence-corrected chi connectivity index (χ4v) is 1.38. The predicted octanol–water partition coefficient (Wildman–Crippen LogP) is 1.54. The summed E-state index contributed by atoms with van der Waals surface area (Å²) in [6.45, 7) is 0.863. The molecule has 0 radical (unpaired) electrons. The lowest BCUT2D eigenvalue weighted by molar-refractivity contribution is 0.00446. The van der Waals surface area contributed by atoms with Crippen molar-refractivity contribution in [2.45, 2.75) is 37.7 Å². The highest BCUT2D eigenvalue weighted by molar-refractivity contribution is 5.10. The highest BCUT2D eigenvalue weighted by Crippen LogP contribution is 2.24. The van der Waals surface area contributed by atoms with Crippen LogP contribution in [0.4, 0.5) is 8.78 Å². The summed E-state index contributed by atoms with van der Waals surface area (Å²) in [5.41, 5.74) is 5.27. The Bertz CT molecular complexity index is 232. The molecule has 1 rings (SSSR count). The molecular weight excluding hydrogens is 188 g/mol. The van der Waals surface area contributed by atoms with Gasteiger partial charge < -0.3 is 10.5 Å². The van der Waals surface area contributed by atoms with Gasteiger partial charge in [-0.05, 0) is 18.8 Å². The molecule has 0 aromatic rings. The van der Waals surface area contributed by atoms with Gasteiger partial charge in [0.15, 0.2) is 0 Å². The van der Waals surface area contributed by atoms with Crippen molar-refractivity contribution in [3.63, 3.8) is 0 Å². The van der Waals surface area contributed by atoms with Crippen molar-refractivity contribution in [2.75, 3.05) is 13.2 Å². The van der Waals surface area contributed by atoms with Crippen LogP contribution in [0, 0.1) is 11.8 Å². The van der Waals surface area contributed by atoms with E-state index in [1.54, 1.807) is 0 Å². The Morgan fingerprint density at radius 1 is 1.43 bits per heavy atom. The van der Waals surface area contributed by atoms with Gasteiger partial charge in [-0.2, -0.15) is 8.78 Å². The first-order chi connectivity index (χ1) is 6.64. The van der Waals surface area contributed by atoms with Crippen molar-refractivity contribution < 1.29 is 13.5 Å². The average molecular weight is 203 g/mol. The maximum atomic E-state index is 12.9. The molecule has 0 saturated carbocycles. The van der Waals surface area contributed by atoms with Gasteiger partial charge >= 0.3 is 5.92 Å². The summed E-state index contributed by atoms with van der Waals surface area (Å²) in [6.07, 6.45) is 1.24. The van der Waals surface area contributed by atoms with Gasteiger partial charge in [-0.3, -0.25) is 0 Å². The normalized spacial score (nSPS) is 25.8. The summed E-state index contributed by atoms with van der Waals surface area (Å²) in [7, 11) is 0. The smallest absolute Gasteiger partial charge is 0.308 e. The van der Waals surface area contributed by atoms with E-state index >= 15 is 0 Å². The van der Waals surface area contributed by atoms with Crippen LogP contribution in [0.5, 0.6) is 0 Å². The second-order valence-corrected chi connectivity index (χ2v) is 3.37. The topological polar surface area (TPSA) is 35.2 Å². The Hall–Kier alpha value is -0.660. The third-order valence-electron chi connectivity index (χ3n) is 2.11. The van der Waals surface area contributed by atoms with Crippen molar-refractivity contribution in [1.82, 2.24) is 0 Å². The lowest BCUT2D eigenvalue weighted by Gasteiger charge is -2.20. The second-order valence-electron chi connectivity index (χ2n) is 3.37. The first-order valence-electron chi connectivity index (χ1n) is 4.83. The third-order valence-corrected chi connectivity index (χ3v) is 2.11. The first kappa shape index (κ1) is 11.4. The number of rotatable bonds is 3. The van der Waals surface area contributed by atoms with Crippen molar-refractivity contribution >= 4 is 0 Å². The Morgan fingerprint density at radius 3 is 2.93 bits per heavy atom. The summed E-state index contributed by atoms with van der Waals surface area (Å²) >= 11 is 0. The van der Waals surface area contributed by atoms with Crippen LogP contribution >= 0.6 is 0 Å². The van der Waals surface area contributed by atoms with Crippen LogP contribution in [0.2, 0.25) is 0 Å². The fourth-order valence-electron chi connectivity index (χ4n) is 1.38. The quantitative estimate of drug-likeness (QED) is 0.706. The van der Waals surface area contributed by atoms with Crippen molar-refractivity contribution in [1.29, 1.82) is 0 Å². The Kier molecular flexibility index (Phi) is 4.30. The van der Waals surface area contributed by atoms with Crippen LogP contribution in [0.3, 0.4) is 0 Å². The maximum Gasteiger partial charge on any atom is 0.308 e. The van der Waals surface area contributed by atoms with E-state index in [-0.39, 0.29) is 12.5 Å². The molecule has 1 atom stereocenters. The maximum absolute atomic E-state index is 12.9. The highest BCUT2D eigenvalue weighted by atomic mass is 19.3. The Labute approximate surface area is 82.8 Å². The molecular formula is C10H15F2NO. The lowest BCUT2D eigenvalue weighted by atomic mass is 10.0. The molecule has 1 unspecified atom stereocenters. The molecule has 80 valence electrons. The number of hydrogen-bond donors (Lipinski definition) is 1. The number of alkyl halides is 2. The van der Waals surface area contributed by atoms with Crippen LogP contribution in [-0.2, 0) is 4.74 Å². The summed E-state index contributed by atoms with van der Waals surface area (Å²) in [5, 5.41) is 0. The number of nitrogens with two attached hydrogens (primary N) is 1. The molecule has 2 N–H and O–H groups in total. The minimum absolute atomic E-state index is 0.112. The second kappa shape index (κ2) is 5.28. The molecule has 2 nitrogen and oxygen atoms in total. The molecule has 14 heavy (non-hydrogen) atoms. The van der Waals surface area contributed by atoms with Gasteiger partial charge in [-0.25, -0.2) is 0 Å². The van der Waals surface area contributed by atoms with Gasteiger partial charge in [-0.1, -0.05) is 5.92 Å². The molecule has 0 bridgehead atoms. The lowest BCUT2D eigenvalue weighted by Crippen LogP contribution is -2.23. The largest absolute Gasteiger partial charge is 0.377 e. The molecule has 4 heteroatoms. The molecule has 1 aliphatic carbocycles. The van der Waals surface area contributed by atoms with Gasteiger partial charge in [-0.15, -0.1) is 0 Å². The number of ether oxygens (including phenoxy) is 1. The zero-order valence-electron chi connectivity index (χ0n) is 8.06. The first-order valence-corrected chi connectivity index (χ1v) is 4.83. The van der Waals surface area contributed by atoms with E-state index in [0.29, 0.717) is 26.0 Å². The average Bonchev–Trinajstić information content (AvgIpc) is 2.12. The standard InChI is InChI=1S/C10H15F2NO/c11-10(12)5-2-1-3-9(4-6-10)14-8-7-13/h9H,1,3-4,6-8,13H2. The number of halogens is 2. The van der Waals surface area contributed by atoms with Crippen molar-refractivity contribution in [2.24, 2.45) is 5.73 Å². The van der Waals surface area contributed by atoms with Crippen LogP contribution < -0.4 is 5.73 Å². The van der Waals surface area contributed by atoms with Crippen LogP contribution in [0.1, 0.15) is 25.7 Å². The van der Waals surface area contributed by atoms with E-state index in [4.69, 9.17) is 10.5 Å². The van der Waals surface area contributed by atoms with Gasteiger partial charge in [0.1, 0.15) is 0 Å². The van der Waals surface area contributed by atoms with Crippen LogP contribution in [0.15, 0.2) is 0 Å². The SMILES string of the molecule is NCCOC1CCC#CC(F)(F)CC1. The Morgan fingerprint density at radius 2 is 2.21 bits per heavy atom. The minimum Gasteiger partial charge on any atom is -0.377 e. The van der Waals surface area contributed by atoms with Crippen LogP contribution in [-0.4, -0.2) is 25.2 Å². The summed E-state index contributed by atoms with van der Waals surface area (Å²) in [4.78, 5) is 0. The molecule has 0 fully saturated rings. The van der Waals surface area contributed by atoms with Gasteiger partial charge in [0.25, 0.3) is 0 Å². The van der Waals surface area contributed by atoms with E-state index in [0.717, 1.165) is 6.42 Å². The molecule has 0 aromatic heterocycles. The van der Waals surface area contributed by atoms with Crippen molar-refractivity contribution in [3.8, 4) is 11.8 Å². The molecule has 0 amide bonds. The molecule has 0 saturated heterocycles. The molecule has 0 heterocycles. The van der Waals surface area contributed by atoms with E-state index in [1.807, 2.05) is 5.92 Å². The van der Waals surface area contributed by atoms with E-state index < -0.39 is 5.92 Å². The summed E-state index contributed by atoms with van der Waals surface area (Å²) < 4.78 is 31.1. The monoisotopic (exact) mass is 203 g/mol. The zero-order valence-corrected chi connectivity index (χ0v) is 8.06. The minimum atomic E-state index is -2.84. The Balaban J connectivity index is 2.42. The van der Waals surface area contributed by atoms with Gasteiger partial charge in [0.2, 0.25) is 0 Å². The third kappa shape index (κ3) is 4.03. The zero-order chi connectivity index (χ0) is 10.4. The van der Waals surface area contributed by atoms with E-state index in [1.165, 1.54) is 0 Å². The molecule has 0 aliphatic heterocycles.